The van der Waals surface area contributed by atoms with Crippen LogP contribution in [0, 0.1) is 6.92 Å². The first kappa shape index (κ1) is 17.3. The number of hydrogen-bond donors (Lipinski definition) is 0. The fourth-order valence-corrected chi connectivity index (χ4v) is 2.86. The van der Waals surface area contributed by atoms with Crippen LogP contribution in [-0.4, -0.2) is 34.9 Å². The lowest BCUT2D eigenvalue weighted by molar-refractivity contribution is 0.0581. The molecule has 0 bridgehead atoms. The minimum Gasteiger partial charge on any atom is -0.443 e. The number of anilines is 2. The first-order valence-corrected chi connectivity index (χ1v) is 8.47. The molecule has 3 rings (SSSR count). The maximum atomic E-state index is 12.6. The number of rotatable bonds is 2. The summed E-state index contributed by atoms with van der Waals surface area (Å²) in [7, 11) is 0. The number of aromatic nitrogens is 2. The van der Waals surface area contributed by atoms with Crippen LogP contribution >= 0.6 is 0 Å². The molecule has 1 aliphatic heterocycles. The first-order chi connectivity index (χ1) is 11.8. The summed E-state index contributed by atoms with van der Waals surface area (Å²) in [5, 5.41) is 3.85. The van der Waals surface area contributed by atoms with E-state index in [0.29, 0.717) is 24.8 Å². The number of carbonyl (C=O) groups excluding carboxylic acids is 1. The SMILES string of the molecule is Cc1noc(CN2CCCN(C(=O)OC(C)(C)C)c3ccccc32)n1. The number of nitrogens with zero attached hydrogens (tertiary/aromatic N) is 4. The molecule has 0 fully saturated rings. The van der Waals surface area contributed by atoms with E-state index in [-0.39, 0.29) is 6.09 Å². The van der Waals surface area contributed by atoms with Crippen molar-refractivity contribution < 1.29 is 14.1 Å². The van der Waals surface area contributed by atoms with E-state index in [9.17, 15) is 4.79 Å². The van der Waals surface area contributed by atoms with Crippen molar-refractivity contribution in [2.45, 2.75) is 46.3 Å². The fraction of sp³-hybridized carbons (Fsp3) is 0.500. The molecule has 2 aromatic rings. The Labute approximate surface area is 147 Å². The van der Waals surface area contributed by atoms with Gasteiger partial charge in [-0.1, -0.05) is 17.3 Å². The number of benzene rings is 1. The van der Waals surface area contributed by atoms with Crippen LogP contribution in [-0.2, 0) is 11.3 Å². The minimum atomic E-state index is -0.528. The van der Waals surface area contributed by atoms with Gasteiger partial charge in [0, 0.05) is 13.1 Å². The second-order valence-electron chi connectivity index (χ2n) is 7.13. The van der Waals surface area contributed by atoms with E-state index in [1.807, 2.05) is 45.0 Å². The topological polar surface area (TPSA) is 71.7 Å². The Balaban J connectivity index is 1.88. The van der Waals surface area contributed by atoms with Crippen molar-refractivity contribution in [3.63, 3.8) is 0 Å². The molecule has 1 amide bonds. The van der Waals surface area contributed by atoms with Crippen LogP contribution < -0.4 is 9.80 Å². The highest BCUT2D eigenvalue weighted by Crippen LogP contribution is 2.33. The summed E-state index contributed by atoms with van der Waals surface area (Å²) in [6, 6.07) is 7.83. The lowest BCUT2D eigenvalue weighted by Crippen LogP contribution is -2.37. The molecule has 0 saturated heterocycles. The molecule has 7 heteroatoms. The first-order valence-electron chi connectivity index (χ1n) is 8.47. The number of ether oxygens (including phenoxy) is 1. The van der Waals surface area contributed by atoms with Crippen LogP contribution in [0.1, 0.15) is 38.9 Å². The maximum absolute atomic E-state index is 12.6. The Morgan fingerprint density at radius 1 is 1.24 bits per heavy atom. The number of para-hydroxylation sites is 2. The molecular weight excluding hydrogens is 320 g/mol. The van der Waals surface area contributed by atoms with Gasteiger partial charge in [0.05, 0.1) is 17.9 Å². The van der Waals surface area contributed by atoms with Gasteiger partial charge in [-0.2, -0.15) is 4.98 Å². The van der Waals surface area contributed by atoms with Gasteiger partial charge < -0.3 is 14.2 Å². The highest BCUT2D eigenvalue weighted by Gasteiger charge is 2.28. The van der Waals surface area contributed by atoms with Crippen molar-refractivity contribution in [3.8, 4) is 0 Å². The van der Waals surface area contributed by atoms with Crippen molar-refractivity contribution in [3.05, 3.63) is 36.0 Å². The molecule has 0 spiro atoms. The van der Waals surface area contributed by atoms with E-state index in [2.05, 4.69) is 15.0 Å². The average molecular weight is 344 g/mol. The summed E-state index contributed by atoms with van der Waals surface area (Å²) in [4.78, 5) is 20.8. The Morgan fingerprint density at radius 2 is 1.96 bits per heavy atom. The third-order valence-electron chi connectivity index (χ3n) is 3.83. The molecule has 0 saturated carbocycles. The standard InChI is InChI=1S/C18H24N4O3/c1-13-19-16(25-20-13)12-21-10-7-11-22(17(23)24-18(2,3)4)15-9-6-5-8-14(15)21/h5-6,8-9H,7,10-12H2,1-4H3. The zero-order valence-corrected chi connectivity index (χ0v) is 15.2. The molecule has 1 aromatic heterocycles. The molecule has 134 valence electrons. The van der Waals surface area contributed by atoms with Crippen LogP contribution in [0.15, 0.2) is 28.8 Å². The van der Waals surface area contributed by atoms with Gasteiger partial charge in [0.1, 0.15) is 5.60 Å². The van der Waals surface area contributed by atoms with Crippen molar-refractivity contribution >= 4 is 17.5 Å². The van der Waals surface area contributed by atoms with Gasteiger partial charge in [0.15, 0.2) is 5.82 Å². The number of amides is 1. The van der Waals surface area contributed by atoms with E-state index < -0.39 is 5.60 Å². The molecule has 1 aliphatic rings. The van der Waals surface area contributed by atoms with Crippen molar-refractivity contribution in [2.75, 3.05) is 22.9 Å². The minimum absolute atomic E-state index is 0.324. The van der Waals surface area contributed by atoms with Gasteiger partial charge >= 0.3 is 6.09 Å². The zero-order valence-electron chi connectivity index (χ0n) is 15.2. The summed E-state index contributed by atoms with van der Waals surface area (Å²) in [5.41, 5.74) is 1.27. The van der Waals surface area contributed by atoms with Gasteiger partial charge in [-0.05, 0) is 46.2 Å². The van der Waals surface area contributed by atoms with Gasteiger partial charge in [-0.15, -0.1) is 0 Å². The summed E-state index contributed by atoms with van der Waals surface area (Å²) in [6.07, 6.45) is 0.497. The predicted molar refractivity (Wildman–Crippen MR) is 94.7 cm³/mol. The van der Waals surface area contributed by atoms with E-state index in [1.54, 1.807) is 11.8 Å². The molecular formula is C18H24N4O3. The number of carbonyl (C=O) groups is 1. The van der Waals surface area contributed by atoms with Crippen molar-refractivity contribution in [1.29, 1.82) is 0 Å². The summed E-state index contributed by atoms with van der Waals surface area (Å²) in [5.74, 6) is 1.19. The van der Waals surface area contributed by atoms with Crippen LogP contribution in [0.4, 0.5) is 16.2 Å². The van der Waals surface area contributed by atoms with Crippen molar-refractivity contribution in [2.24, 2.45) is 0 Å². The molecule has 7 nitrogen and oxygen atoms in total. The maximum Gasteiger partial charge on any atom is 0.414 e. The predicted octanol–water partition coefficient (Wildman–Crippen LogP) is 3.53. The fourth-order valence-electron chi connectivity index (χ4n) is 2.86. The summed E-state index contributed by atoms with van der Waals surface area (Å²) in [6.45, 7) is 9.33. The quantitative estimate of drug-likeness (QED) is 0.830. The van der Waals surface area contributed by atoms with Gasteiger partial charge in [-0.3, -0.25) is 4.90 Å². The average Bonchev–Trinajstić information content (AvgIpc) is 2.84. The van der Waals surface area contributed by atoms with Gasteiger partial charge in [0.25, 0.3) is 0 Å². The van der Waals surface area contributed by atoms with Crippen LogP contribution in [0.2, 0.25) is 0 Å². The lowest BCUT2D eigenvalue weighted by atomic mass is 10.2. The molecule has 0 radical (unpaired) electrons. The van der Waals surface area contributed by atoms with Crippen LogP contribution in [0.5, 0.6) is 0 Å². The third-order valence-corrected chi connectivity index (χ3v) is 3.83. The molecule has 0 aliphatic carbocycles. The van der Waals surface area contributed by atoms with E-state index in [0.717, 1.165) is 24.3 Å². The second-order valence-corrected chi connectivity index (χ2v) is 7.13. The van der Waals surface area contributed by atoms with E-state index in [4.69, 9.17) is 9.26 Å². The van der Waals surface area contributed by atoms with Crippen LogP contribution in [0.3, 0.4) is 0 Å². The number of fused-ring (bicyclic) bond motifs is 1. The third kappa shape index (κ3) is 4.10. The summed E-state index contributed by atoms with van der Waals surface area (Å²) < 4.78 is 10.8. The Hall–Kier alpha value is -2.57. The normalized spacial score (nSPS) is 14.9. The Kier molecular flexibility index (Phi) is 4.65. The highest BCUT2D eigenvalue weighted by molar-refractivity contribution is 5.93. The second kappa shape index (κ2) is 6.74. The molecule has 25 heavy (non-hydrogen) atoms. The van der Waals surface area contributed by atoms with Gasteiger partial charge in [0.2, 0.25) is 5.89 Å². The van der Waals surface area contributed by atoms with E-state index >= 15 is 0 Å². The molecule has 2 heterocycles. The highest BCUT2D eigenvalue weighted by atomic mass is 16.6. The number of hydrogen-bond acceptors (Lipinski definition) is 6. The number of aryl methyl sites for hydroxylation is 1. The van der Waals surface area contributed by atoms with E-state index in [1.165, 1.54) is 0 Å². The molecule has 0 N–H and O–H groups in total. The zero-order chi connectivity index (χ0) is 18.0. The molecule has 1 aromatic carbocycles. The Bertz CT molecular complexity index is 751. The lowest BCUT2D eigenvalue weighted by Gasteiger charge is -2.28. The largest absolute Gasteiger partial charge is 0.443 e. The Morgan fingerprint density at radius 3 is 2.60 bits per heavy atom. The van der Waals surface area contributed by atoms with Crippen LogP contribution in [0.25, 0.3) is 0 Å². The smallest absolute Gasteiger partial charge is 0.414 e. The molecule has 0 unspecified atom stereocenters. The summed E-state index contributed by atoms with van der Waals surface area (Å²) >= 11 is 0. The monoisotopic (exact) mass is 344 g/mol. The van der Waals surface area contributed by atoms with Crippen molar-refractivity contribution in [1.82, 2.24) is 10.1 Å². The molecule has 0 atom stereocenters. The van der Waals surface area contributed by atoms with Gasteiger partial charge in [-0.25, -0.2) is 4.79 Å².